The van der Waals surface area contributed by atoms with Gasteiger partial charge in [-0.25, -0.2) is 4.79 Å². The third kappa shape index (κ3) is 4.59. The number of carbonyl (C=O) groups is 2. The van der Waals surface area contributed by atoms with E-state index < -0.39 is 5.97 Å². The fraction of sp³-hybridized carbons (Fsp3) is 0.476. The van der Waals surface area contributed by atoms with Gasteiger partial charge in [0.15, 0.2) is 0 Å². The van der Waals surface area contributed by atoms with Crippen molar-refractivity contribution in [2.75, 3.05) is 26.3 Å². The van der Waals surface area contributed by atoms with Gasteiger partial charge < -0.3 is 14.7 Å². The van der Waals surface area contributed by atoms with E-state index in [-0.39, 0.29) is 17.4 Å². The van der Waals surface area contributed by atoms with E-state index in [0.29, 0.717) is 38.5 Å². The summed E-state index contributed by atoms with van der Waals surface area (Å²) in [6.45, 7) is 6.79. The van der Waals surface area contributed by atoms with Crippen LogP contribution in [0.15, 0.2) is 30.3 Å². The maximum atomic E-state index is 13.1. The molecule has 1 aromatic heterocycles. The monoisotopic (exact) mass is 385 g/mol. The van der Waals surface area contributed by atoms with E-state index in [2.05, 4.69) is 5.10 Å². The summed E-state index contributed by atoms with van der Waals surface area (Å²) in [4.78, 5) is 26.3. The minimum atomic E-state index is -0.931. The molecule has 3 rings (SSSR count). The van der Waals surface area contributed by atoms with E-state index in [1.54, 1.807) is 22.9 Å². The number of hydrogen-bond donors (Lipinski definition) is 1. The van der Waals surface area contributed by atoms with E-state index in [4.69, 9.17) is 4.74 Å². The number of hydrogen-bond acceptors (Lipinski definition) is 4. The van der Waals surface area contributed by atoms with E-state index in [0.717, 1.165) is 24.1 Å². The van der Waals surface area contributed by atoms with Crippen LogP contribution >= 0.6 is 0 Å². The molecule has 0 aliphatic carbocycles. The number of piperidine rings is 1. The molecule has 1 aliphatic heterocycles. The predicted molar refractivity (Wildman–Crippen MR) is 105 cm³/mol. The SMILES string of the molecule is CCOCCn1nc(C)cc1C(=O)N1CCC[C@H](c2cccc(C(=O)O)c2)C1. The van der Waals surface area contributed by atoms with Crippen molar-refractivity contribution in [2.24, 2.45) is 0 Å². The first kappa shape index (κ1) is 20.1. The van der Waals surface area contributed by atoms with Crippen LogP contribution in [0, 0.1) is 6.92 Å². The lowest BCUT2D eigenvalue weighted by Gasteiger charge is -2.33. The number of likely N-dealkylation sites (tertiary alicyclic amines) is 1. The first-order valence-electron chi connectivity index (χ1n) is 9.74. The van der Waals surface area contributed by atoms with Gasteiger partial charge in [0.1, 0.15) is 5.69 Å². The molecular formula is C21H27N3O4. The lowest BCUT2D eigenvalue weighted by atomic mass is 9.89. The van der Waals surface area contributed by atoms with Crippen molar-refractivity contribution in [1.29, 1.82) is 0 Å². The summed E-state index contributed by atoms with van der Waals surface area (Å²) in [5.74, 6) is -0.826. The Balaban J connectivity index is 1.75. The summed E-state index contributed by atoms with van der Waals surface area (Å²) in [6.07, 6.45) is 1.83. The normalized spacial score (nSPS) is 16.9. The Morgan fingerprint density at radius 2 is 2.14 bits per heavy atom. The third-order valence-electron chi connectivity index (χ3n) is 5.09. The lowest BCUT2D eigenvalue weighted by Crippen LogP contribution is -2.40. The molecule has 7 nitrogen and oxygen atoms in total. The molecule has 1 atom stereocenters. The van der Waals surface area contributed by atoms with Crippen LogP contribution in [-0.2, 0) is 11.3 Å². The number of benzene rings is 1. The smallest absolute Gasteiger partial charge is 0.335 e. The van der Waals surface area contributed by atoms with Crippen LogP contribution in [-0.4, -0.2) is 58.0 Å². The second-order valence-corrected chi connectivity index (χ2v) is 7.11. The van der Waals surface area contributed by atoms with Crippen molar-refractivity contribution in [2.45, 2.75) is 39.2 Å². The molecule has 150 valence electrons. The van der Waals surface area contributed by atoms with Crippen LogP contribution < -0.4 is 0 Å². The maximum absolute atomic E-state index is 13.1. The number of carboxylic acids is 1. The summed E-state index contributed by atoms with van der Waals surface area (Å²) >= 11 is 0. The number of carbonyl (C=O) groups excluding carboxylic acids is 1. The van der Waals surface area contributed by atoms with Crippen molar-refractivity contribution in [1.82, 2.24) is 14.7 Å². The minimum absolute atomic E-state index is 0.0313. The van der Waals surface area contributed by atoms with Crippen molar-refractivity contribution >= 4 is 11.9 Å². The van der Waals surface area contributed by atoms with Crippen LogP contribution in [0.5, 0.6) is 0 Å². The van der Waals surface area contributed by atoms with E-state index in [9.17, 15) is 14.7 Å². The Morgan fingerprint density at radius 1 is 1.32 bits per heavy atom. The van der Waals surface area contributed by atoms with Crippen LogP contribution in [0.3, 0.4) is 0 Å². The summed E-state index contributed by atoms with van der Waals surface area (Å²) < 4.78 is 7.12. The van der Waals surface area contributed by atoms with E-state index >= 15 is 0 Å². The molecule has 1 saturated heterocycles. The Kier molecular flexibility index (Phi) is 6.46. The Bertz CT molecular complexity index is 846. The van der Waals surface area contributed by atoms with E-state index in [1.165, 1.54) is 0 Å². The molecule has 0 spiro atoms. The molecule has 0 unspecified atom stereocenters. The molecule has 28 heavy (non-hydrogen) atoms. The van der Waals surface area contributed by atoms with Crippen LogP contribution in [0.2, 0.25) is 0 Å². The molecule has 1 aromatic carbocycles. The molecule has 0 saturated carbocycles. The number of amides is 1. The van der Waals surface area contributed by atoms with Gasteiger partial charge in [-0.15, -0.1) is 0 Å². The molecule has 1 fully saturated rings. The maximum Gasteiger partial charge on any atom is 0.335 e. The van der Waals surface area contributed by atoms with Gasteiger partial charge in [-0.1, -0.05) is 12.1 Å². The van der Waals surface area contributed by atoms with Gasteiger partial charge in [0.25, 0.3) is 5.91 Å². The Morgan fingerprint density at radius 3 is 2.89 bits per heavy atom. The molecule has 1 aliphatic rings. The van der Waals surface area contributed by atoms with Gasteiger partial charge in [0.2, 0.25) is 0 Å². The Hall–Kier alpha value is -2.67. The lowest BCUT2D eigenvalue weighted by molar-refractivity contribution is 0.0679. The molecule has 2 heterocycles. The van der Waals surface area contributed by atoms with Gasteiger partial charge in [0.05, 0.1) is 24.4 Å². The first-order chi connectivity index (χ1) is 13.5. The molecule has 2 aromatic rings. The molecule has 7 heteroatoms. The van der Waals surface area contributed by atoms with Crippen molar-refractivity contribution in [3.63, 3.8) is 0 Å². The largest absolute Gasteiger partial charge is 0.478 e. The zero-order valence-corrected chi connectivity index (χ0v) is 16.4. The van der Waals surface area contributed by atoms with Crippen molar-refractivity contribution < 1.29 is 19.4 Å². The average Bonchev–Trinajstić information content (AvgIpc) is 3.08. The fourth-order valence-corrected chi connectivity index (χ4v) is 3.70. The zero-order chi connectivity index (χ0) is 20.1. The van der Waals surface area contributed by atoms with Crippen LogP contribution in [0.25, 0.3) is 0 Å². The second-order valence-electron chi connectivity index (χ2n) is 7.11. The van der Waals surface area contributed by atoms with Crippen LogP contribution in [0.4, 0.5) is 0 Å². The van der Waals surface area contributed by atoms with Crippen molar-refractivity contribution in [3.05, 3.63) is 52.8 Å². The summed E-state index contributed by atoms with van der Waals surface area (Å²) in [6, 6.07) is 8.85. The average molecular weight is 385 g/mol. The number of ether oxygens (including phenoxy) is 1. The summed E-state index contributed by atoms with van der Waals surface area (Å²) in [5.41, 5.74) is 2.64. The first-order valence-corrected chi connectivity index (χ1v) is 9.74. The highest BCUT2D eigenvalue weighted by Crippen LogP contribution is 2.28. The highest BCUT2D eigenvalue weighted by Gasteiger charge is 2.28. The van der Waals surface area contributed by atoms with Crippen molar-refractivity contribution in [3.8, 4) is 0 Å². The van der Waals surface area contributed by atoms with Crippen LogP contribution in [0.1, 0.15) is 57.8 Å². The number of nitrogens with zero attached hydrogens (tertiary/aromatic N) is 3. The molecule has 0 bridgehead atoms. The van der Waals surface area contributed by atoms with Gasteiger partial charge in [-0.05, 0) is 50.5 Å². The van der Waals surface area contributed by atoms with E-state index in [1.807, 2.05) is 30.9 Å². The second kappa shape index (κ2) is 9.01. The Labute approximate surface area is 164 Å². The summed E-state index contributed by atoms with van der Waals surface area (Å²) in [5, 5.41) is 13.7. The highest BCUT2D eigenvalue weighted by molar-refractivity contribution is 5.93. The number of aromatic nitrogens is 2. The predicted octanol–water partition coefficient (Wildman–Crippen LogP) is 2.95. The number of rotatable bonds is 7. The van der Waals surface area contributed by atoms with Gasteiger partial charge in [0, 0.05) is 25.6 Å². The number of aryl methyl sites for hydroxylation is 1. The standard InChI is InChI=1S/C21H27N3O4/c1-3-28-11-10-24-19(12-15(2)22-24)20(25)23-9-5-8-18(14-23)16-6-4-7-17(13-16)21(26)27/h4,6-7,12-13,18H,3,5,8-11,14H2,1-2H3,(H,26,27)/t18-/m0/s1. The highest BCUT2D eigenvalue weighted by atomic mass is 16.5. The molecule has 1 N–H and O–H groups in total. The third-order valence-corrected chi connectivity index (χ3v) is 5.09. The van der Waals surface area contributed by atoms with Gasteiger partial charge >= 0.3 is 5.97 Å². The fourth-order valence-electron chi connectivity index (χ4n) is 3.70. The minimum Gasteiger partial charge on any atom is -0.478 e. The zero-order valence-electron chi connectivity index (χ0n) is 16.4. The number of carboxylic acid groups (broad SMARTS) is 1. The molecule has 0 radical (unpaired) electrons. The molecule has 1 amide bonds. The number of aromatic carboxylic acids is 1. The van der Waals surface area contributed by atoms with Gasteiger partial charge in [-0.2, -0.15) is 5.10 Å². The molecular weight excluding hydrogens is 358 g/mol. The topological polar surface area (TPSA) is 84.7 Å². The van der Waals surface area contributed by atoms with Gasteiger partial charge in [-0.3, -0.25) is 9.48 Å². The quantitative estimate of drug-likeness (QED) is 0.741. The summed E-state index contributed by atoms with van der Waals surface area (Å²) in [7, 11) is 0.